The molecular weight excluding hydrogens is 624 g/mol. The Balaban J connectivity index is 1.27. The van der Waals surface area contributed by atoms with Gasteiger partial charge in [0, 0.05) is 69.5 Å². The number of piperazine rings is 1. The molecule has 0 aliphatic carbocycles. The summed E-state index contributed by atoms with van der Waals surface area (Å²) in [5.41, 5.74) is 5.57. The van der Waals surface area contributed by atoms with Crippen molar-refractivity contribution in [1.82, 2.24) is 20.1 Å². The summed E-state index contributed by atoms with van der Waals surface area (Å²) in [5, 5.41) is 27.9. The highest BCUT2D eigenvalue weighted by molar-refractivity contribution is 5.95. The molecule has 5 heterocycles. The average Bonchev–Trinajstić information content (AvgIpc) is 3.32. The number of rotatable bonds is 7. The number of phenolic OH excluding ortho intramolecular Hbond substituents is 2. The van der Waals surface area contributed by atoms with Gasteiger partial charge in [0.2, 0.25) is 0 Å². The van der Waals surface area contributed by atoms with Crippen LogP contribution >= 0.6 is 0 Å². The maximum absolute atomic E-state index is 13.7. The number of amides is 1. The van der Waals surface area contributed by atoms with Crippen molar-refractivity contribution in [2.24, 2.45) is 0 Å². The molecule has 256 valence electrons. The maximum atomic E-state index is 13.7. The van der Waals surface area contributed by atoms with Crippen LogP contribution in [0.1, 0.15) is 69.3 Å². The predicted molar refractivity (Wildman–Crippen MR) is 183 cm³/mol. The van der Waals surface area contributed by atoms with Gasteiger partial charge in [0.15, 0.2) is 23.0 Å². The molecule has 0 bridgehead atoms. The first-order valence-corrected chi connectivity index (χ1v) is 16.7. The molecule has 2 saturated heterocycles. The maximum Gasteiger partial charge on any atom is 0.269 e. The second-order valence-electron chi connectivity index (χ2n) is 13.8. The monoisotopic (exact) mass is 666 g/mol. The Hall–Kier alpha value is -4.74. The Labute approximate surface area is 285 Å². The molecule has 4 aliphatic heterocycles. The highest BCUT2D eigenvalue weighted by Gasteiger charge is 2.67. The van der Waals surface area contributed by atoms with E-state index in [1.807, 2.05) is 44.2 Å². The minimum absolute atomic E-state index is 0.0480. The number of para-hydroxylation sites is 1. The van der Waals surface area contributed by atoms with E-state index in [1.54, 1.807) is 27.4 Å². The molecule has 11 heteroatoms. The highest BCUT2D eigenvalue weighted by Crippen LogP contribution is 2.68. The van der Waals surface area contributed by atoms with Gasteiger partial charge in [0.1, 0.15) is 17.2 Å². The van der Waals surface area contributed by atoms with E-state index in [4.69, 9.17) is 18.9 Å². The molecule has 3 unspecified atom stereocenters. The molecule has 0 radical (unpaired) electrons. The third kappa shape index (κ3) is 4.15. The fourth-order valence-electron chi connectivity index (χ4n) is 9.74. The van der Waals surface area contributed by atoms with Crippen LogP contribution in [-0.4, -0.2) is 84.5 Å². The number of aromatic hydroxyl groups is 2. The topological polar surface area (TPSA) is 126 Å². The molecule has 2 fully saturated rings. The van der Waals surface area contributed by atoms with E-state index in [1.165, 1.54) is 7.11 Å². The van der Waals surface area contributed by atoms with E-state index >= 15 is 0 Å². The molecule has 11 nitrogen and oxygen atoms in total. The van der Waals surface area contributed by atoms with E-state index in [9.17, 15) is 15.0 Å². The number of carbonyl (C=O) groups excluding carboxylic acids is 1. The average molecular weight is 667 g/mol. The Kier molecular flexibility index (Phi) is 7.17. The number of hydrogen-bond donors (Lipinski definition) is 3. The molecule has 0 spiro atoms. The van der Waals surface area contributed by atoms with Crippen molar-refractivity contribution < 1.29 is 34.0 Å². The van der Waals surface area contributed by atoms with Gasteiger partial charge in [-0.1, -0.05) is 24.3 Å². The van der Waals surface area contributed by atoms with Gasteiger partial charge in [-0.25, -0.2) is 4.98 Å². The molecule has 3 N–H and O–H groups in total. The first kappa shape index (κ1) is 31.5. The van der Waals surface area contributed by atoms with E-state index in [-0.39, 0.29) is 47.6 Å². The van der Waals surface area contributed by atoms with E-state index in [0.29, 0.717) is 47.0 Å². The van der Waals surface area contributed by atoms with Crippen molar-refractivity contribution in [2.75, 3.05) is 41.5 Å². The van der Waals surface area contributed by atoms with Gasteiger partial charge < -0.3 is 34.5 Å². The first-order valence-electron chi connectivity index (χ1n) is 16.7. The van der Waals surface area contributed by atoms with Crippen molar-refractivity contribution in [1.29, 1.82) is 0 Å². The zero-order valence-electron chi connectivity index (χ0n) is 28.9. The van der Waals surface area contributed by atoms with E-state index in [2.05, 4.69) is 27.0 Å². The van der Waals surface area contributed by atoms with Crippen molar-refractivity contribution in [3.63, 3.8) is 0 Å². The molecule has 1 aromatic heterocycles. The minimum atomic E-state index is -0.434. The number of aromatic nitrogens is 1. The quantitative estimate of drug-likeness (QED) is 0.247. The molecule has 8 rings (SSSR count). The molecule has 0 saturated carbocycles. The number of fused-ring (bicyclic) bond motifs is 7. The summed E-state index contributed by atoms with van der Waals surface area (Å²) in [6.45, 7) is 6.94. The summed E-state index contributed by atoms with van der Waals surface area (Å²) < 4.78 is 23.6. The zero-order valence-corrected chi connectivity index (χ0v) is 28.9. The van der Waals surface area contributed by atoms with Crippen LogP contribution in [-0.2, 0) is 12.0 Å². The van der Waals surface area contributed by atoms with Crippen LogP contribution in [0.2, 0.25) is 0 Å². The number of phenols is 2. The van der Waals surface area contributed by atoms with Gasteiger partial charge in [-0.2, -0.15) is 0 Å². The van der Waals surface area contributed by atoms with Crippen LogP contribution < -0.4 is 24.3 Å². The standard InChI is InChI=1S/C38H42N4O7/c1-18-33(46-4)22-14-25-30-28-29(34(47-5)19(2)36(49-7)32(28)44)38(3)15-21(42(30)38)17-41(25)26(27(22)31(43)35(18)48-6)16-39-37(45)24-13-12-20-10-8-9-11-23(20)40-24/h8-13,21,25-26,30,43-44H,14-17H2,1-7H3,(H,39,45)/t21-,25?,26-,30?,38?/m0/s1. The summed E-state index contributed by atoms with van der Waals surface area (Å²) >= 11 is 0. The Morgan fingerprint density at radius 1 is 0.918 bits per heavy atom. The lowest BCUT2D eigenvalue weighted by molar-refractivity contribution is -0.162. The molecule has 5 atom stereocenters. The number of benzene rings is 3. The fraction of sp³-hybridized carbons (Fsp3) is 0.421. The second-order valence-corrected chi connectivity index (χ2v) is 13.8. The molecular formula is C38H42N4O7. The SMILES string of the molecule is COc1c(C)c(OC)c2c(c1O)C1C3Cc4c(OC)c(C)c(OC)c(O)c4[C@H](CNC(=O)c4ccc5ccccc5n4)N3C[C@@H]3CC2(C)N13. The second kappa shape index (κ2) is 11.1. The molecule has 1 amide bonds. The summed E-state index contributed by atoms with van der Waals surface area (Å²) in [4.78, 5) is 23.2. The smallest absolute Gasteiger partial charge is 0.269 e. The molecule has 49 heavy (non-hydrogen) atoms. The summed E-state index contributed by atoms with van der Waals surface area (Å²) in [6.07, 6.45) is 1.40. The summed E-state index contributed by atoms with van der Waals surface area (Å²) in [7, 11) is 6.41. The van der Waals surface area contributed by atoms with Gasteiger partial charge in [0.05, 0.1) is 46.0 Å². The van der Waals surface area contributed by atoms with Crippen LogP contribution in [0.15, 0.2) is 36.4 Å². The van der Waals surface area contributed by atoms with Crippen LogP contribution in [0.5, 0.6) is 34.5 Å². The zero-order chi connectivity index (χ0) is 34.5. The van der Waals surface area contributed by atoms with Gasteiger partial charge in [-0.05, 0) is 45.7 Å². The van der Waals surface area contributed by atoms with E-state index in [0.717, 1.165) is 45.3 Å². The van der Waals surface area contributed by atoms with Crippen molar-refractivity contribution in [2.45, 2.75) is 63.3 Å². The number of pyridine rings is 1. The van der Waals surface area contributed by atoms with Crippen LogP contribution in [0.4, 0.5) is 0 Å². The van der Waals surface area contributed by atoms with E-state index < -0.39 is 6.04 Å². The lowest BCUT2D eigenvalue weighted by Crippen LogP contribution is -2.71. The number of carbonyl (C=O) groups is 1. The summed E-state index contributed by atoms with van der Waals surface area (Å²) in [6, 6.07) is 10.7. The number of hydrogen-bond acceptors (Lipinski definition) is 10. The molecule has 3 aromatic carbocycles. The lowest BCUT2D eigenvalue weighted by atomic mass is 9.73. The number of nitrogens with one attached hydrogen (secondary N) is 1. The fourth-order valence-corrected chi connectivity index (χ4v) is 9.74. The van der Waals surface area contributed by atoms with Crippen LogP contribution in [0, 0.1) is 13.8 Å². The summed E-state index contributed by atoms with van der Waals surface area (Å²) in [5.74, 6) is 2.03. The highest BCUT2D eigenvalue weighted by atomic mass is 16.5. The predicted octanol–water partition coefficient (Wildman–Crippen LogP) is 5.05. The number of nitrogens with zero attached hydrogens (tertiary/aromatic N) is 3. The third-order valence-corrected chi connectivity index (χ3v) is 11.6. The number of methoxy groups -OCH3 is 4. The lowest BCUT2D eigenvalue weighted by Gasteiger charge is -2.64. The van der Waals surface area contributed by atoms with Crippen LogP contribution in [0.25, 0.3) is 10.9 Å². The van der Waals surface area contributed by atoms with Crippen molar-refractivity contribution in [3.05, 3.63) is 75.5 Å². The normalized spacial score (nSPS) is 25.0. The van der Waals surface area contributed by atoms with Crippen LogP contribution in [0.3, 0.4) is 0 Å². The molecule has 4 aliphatic rings. The third-order valence-electron chi connectivity index (χ3n) is 11.6. The Morgan fingerprint density at radius 3 is 2.27 bits per heavy atom. The Bertz CT molecular complexity index is 2050. The first-order chi connectivity index (χ1) is 23.6. The van der Waals surface area contributed by atoms with Crippen molar-refractivity contribution >= 4 is 16.8 Å². The van der Waals surface area contributed by atoms with Gasteiger partial charge in [-0.15, -0.1) is 0 Å². The number of ether oxygens (including phenoxy) is 4. The largest absolute Gasteiger partial charge is 0.504 e. The van der Waals surface area contributed by atoms with Gasteiger partial charge >= 0.3 is 0 Å². The Morgan fingerprint density at radius 2 is 1.57 bits per heavy atom. The molecule has 4 aromatic rings. The van der Waals surface area contributed by atoms with Gasteiger partial charge in [-0.3, -0.25) is 14.6 Å². The minimum Gasteiger partial charge on any atom is -0.504 e. The van der Waals surface area contributed by atoms with Gasteiger partial charge in [0.25, 0.3) is 5.91 Å². The van der Waals surface area contributed by atoms with Crippen molar-refractivity contribution in [3.8, 4) is 34.5 Å².